The van der Waals surface area contributed by atoms with Crippen molar-refractivity contribution in [2.24, 2.45) is 5.92 Å². The van der Waals surface area contributed by atoms with Crippen molar-refractivity contribution in [1.29, 1.82) is 0 Å². The van der Waals surface area contributed by atoms with Crippen LogP contribution in [-0.4, -0.2) is 64.9 Å². The number of likely N-dealkylation sites (N-methyl/N-ethyl adjacent to an activating group) is 1. The number of benzene rings is 1. The molecule has 1 aliphatic heterocycles. The van der Waals surface area contributed by atoms with E-state index < -0.39 is 0 Å². The van der Waals surface area contributed by atoms with Gasteiger partial charge in [0.25, 0.3) is 5.91 Å². The highest BCUT2D eigenvalue weighted by Crippen LogP contribution is 2.21. The second-order valence-electron chi connectivity index (χ2n) is 9.04. The smallest absolute Gasteiger partial charge is 0.275 e. The minimum Gasteiger partial charge on any atom is -0.447 e. The van der Waals surface area contributed by atoms with Crippen LogP contribution in [0, 0.1) is 19.8 Å². The predicted molar refractivity (Wildman–Crippen MR) is 119 cm³/mol. The number of rotatable bonds is 7. The molecule has 30 heavy (non-hydrogen) atoms. The summed E-state index contributed by atoms with van der Waals surface area (Å²) in [6, 6.07) is 6.95. The average molecular weight is 413 g/mol. The zero-order valence-electron chi connectivity index (χ0n) is 19.3. The molecule has 1 aliphatic rings. The number of aromatic nitrogens is 1. The van der Waals surface area contributed by atoms with Gasteiger partial charge in [-0.15, -0.1) is 0 Å². The Labute approximate surface area is 180 Å². The Morgan fingerprint density at radius 2 is 1.83 bits per heavy atom. The van der Waals surface area contributed by atoms with Crippen LogP contribution in [0.2, 0.25) is 0 Å². The summed E-state index contributed by atoms with van der Waals surface area (Å²) in [5, 5.41) is 0. The van der Waals surface area contributed by atoms with Crippen LogP contribution in [0.5, 0.6) is 0 Å². The van der Waals surface area contributed by atoms with Gasteiger partial charge in [-0.3, -0.25) is 9.69 Å². The molecule has 164 valence electrons. The predicted octanol–water partition coefficient (Wildman–Crippen LogP) is 3.73. The Kier molecular flexibility index (Phi) is 7.32. The van der Waals surface area contributed by atoms with Crippen molar-refractivity contribution < 1.29 is 9.21 Å². The third kappa shape index (κ3) is 5.49. The molecule has 0 aliphatic carbocycles. The van der Waals surface area contributed by atoms with Crippen LogP contribution in [0.25, 0.3) is 0 Å². The zero-order valence-corrected chi connectivity index (χ0v) is 19.3. The second kappa shape index (κ2) is 9.75. The molecule has 1 aromatic heterocycles. The Morgan fingerprint density at radius 3 is 2.50 bits per heavy atom. The highest BCUT2D eigenvalue weighted by Gasteiger charge is 2.25. The van der Waals surface area contributed by atoms with Gasteiger partial charge in [0, 0.05) is 38.8 Å². The van der Waals surface area contributed by atoms with Crippen molar-refractivity contribution >= 4 is 5.91 Å². The maximum atomic E-state index is 12.8. The van der Waals surface area contributed by atoms with E-state index >= 15 is 0 Å². The lowest BCUT2D eigenvalue weighted by Gasteiger charge is -2.32. The van der Waals surface area contributed by atoms with E-state index in [0.29, 0.717) is 30.1 Å². The molecular formula is C24H36N4O2. The molecule has 0 radical (unpaired) electrons. The van der Waals surface area contributed by atoms with Gasteiger partial charge in [-0.25, -0.2) is 4.98 Å². The summed E-state index contributed by atoms with van der Waals surface area (Å²) < 4.78 is 5.74. The van der Waals surface area contributed by atoms with E-state index in [1.165, 1.54) is 23.0 Å². The Hall–Kier alpha value is -2.18. The highest BCUT2D eigenvalue weighted by molar-refractivity contribution is 5.92. The van der Waals surface area contributed by atoms with Crippen molar-refractivity contribution in [3.63, 3.8) is 0 Å². The first-order valence-electron chi connectivity index (χ1n) is 11.0. The Balaban J connectivity index is 1.73. The van der Waals surface area contributed by atoms with Crippen LogP contribution in [0.1, 0.15) is 53.8 Å². The average Bonchev–Trinajstić information content (AvgIpc) is 3.18. The van der Waals surface area contributed by atoms with Crippen LogP contribution in [0.4, 0.5) is 0 Å². The van der Waals surface area contributed by atoms with Gasteiger partial charge in [-0.2, -0.15) is 0 Å². The van der Waals surface area contributed by atoms with Crippen LogP contribution >= 0.6 is 0 Å². The molecule has 1 amide bonds. The van der Waals surface area contributed by atoms with E-state index in [4.69, 9.17) is 4.42 Å². The van der Waals surface area contributed by atoms with Crippen LogP contribution in [0.15, 0.2) is 28.9 Å². The van der Waals surface area contributed by atoms with E-state index in [1.54, 1.807) is 0 Å². The summed E-state index contributed by atoms with van der Waals surface area (Å²) in [4.78, 5) is 23.8. The lowest BCUT2D eigenvalue weighted by molar-refractivity contribution is 0.0658. The molecule has 0 bridgehead atoms. The molecule has 1 atom stereocenters. The van der Waals surface area contributed by atoms with Crippen LogP contribution < -0.4 is 0 Å². The molecule has 0 N–H and O–H groups in total. The summed E-state index contributed by atoms with van der Waals surface area (Å²) >= 11 is 0. The number of oxazole rings is 1. The minimum absolute atomic E-state index is 0.0314. The van der Waals surface area contributed by atoms with E-state index in [9.17, 15) is 4.79 Å². The summed E-state index contributed by atoms with van der Waals surface area (Å²) in [5.41, 5.74) is 4.30. The van der Waals surface area contributed by atoms with Gasteiger partial charge in [0.05, 0.1) is 6.54 Å². The van der Waals surface area contributed by atoms with Gasteiger partial charge >= 0.3 is 0 Å². The van der Waals surface area contributed by atoms with Crippen molar-refractivity contribution in [1.82, 2.24) is 19.7 Å². The molecule has 3 rings (SSSR count). The van der Waals surface area contributed by atoms with Gasteiger partial charge < -0.3 is 14.2 Å². The molecular weight excluding hydrogens is 376 g/mol. The topological polar surface area (TPSA) is 52.8 Å². The van der Waals surface area contributed by atoms with E-state index in [2.05, 4.69) is 74.6 Å². The molecule has 6 heteroatoms. The van der Waals surface area contributed by atoms with E-state index in [0.717, 1.165) is 32.7 Å². The van der Waals surface area contributed by atoms with Crippen molar-refractivity contribution in [3.8, 4) is 0 Å². The van der Waals surface area contributed by atoms with E-state index in [1.807, 2.05) is 4.90 Å². The molecule has 2 heterocycles. The molecule has 1 aromatic carbocycles. The summed E-state index contributed by atoms with van der Waals surface area (Å²) in [6.07, 6.45) is 1.52. The fourth-order valence-electron chi connectivity index (χ4n) is 3.78. The quantitative estimate of drug-likeness (QED) is 0.694. The van der Waals surface area contributed by atoms with Crippen molar-refractivity contribution in [2.75, 3.05) is 33.2 Å². The molecule has 0 unspecified atom stereocenters. The third-order valence-corrected chi connectivity index (χ3v) is 6.32. The number of hydrogen-bond acceptors (Lipinski definition) is 5. The number of carbonyl (C=O) groups is 1. The van der Waals surface area contributed by atoms with Crippen LogP contribution in [-0.2, 0) is 13.1 Å². The largest absolute Gasteiger partial charge is 0.447 e. The number of amides is 1. The number of hydrogen-bond donors (Lipinski definition) is 0. The van der Waals surface area contributed by atoms with Gasteiger partial charge in [0.2, 0.25) is 5.89 Å². The number of piperazine rings is 1. The van der Waals surface area contributed by atoms with Gasteiger partial charge in [-0.1, -0.05) is 37.6 Å². The second-order valence-corrected chi connectivity index (χ2v) is 9.04. The highest BCUT2D eigenvalue weighted by atomic mass is 16.3. The zero-order chi connectivity index (χ0) is 21.8. The first-order chi connectivity index (χ1) is 14.2. The monoisotopic (exact) mass is 412 g/mol. The van der Waals surface area contributed by atoms with E-state index in [-0.39, 0.29) is 5.91 Å². The van der Waals surface area contributed by atoms with Crippen molar-refractivity contribution in [3.05, 3.63) is 52.7 Å². The van der Waals surface area contributed by atoms with Gasteiger partial charge in [0.15, 0.2) is 5.69 Å². The SMILES string of the molecule is Cc1ccc(C)c(CN(Cc2nc(C(=O)N3CCN(C)CC3)co2)[C@@H](C)C(C)C)c1. The number of nitrogens with zero attached hydrogens (tertiary/aromatic N) is 4. The summed E-state index contributed by atoms with van der Waals surface area (Å²) in [7, 11) is 2.08. The molecule has 0 spiro atoms. The summed E-state index contributed by atoms with van der Waals surface area (Å²) in [6.45, 7) is 15.7. The lowest BCUT2D eigenvalue weighted by atomic mass is 10.0. The van der Waals surface area contributed by atoms with Crippen molar-refractivity contribution in [2.45, 2.75) is 53.8 Å². The normalized spacial score (nSPS) is 16.5. The number of aryl methyl sites for hydroxylation is 2. The fourth-order valence-corrected chi connectivity index (χ4v) is 3.78. The number of carbonyl (C=O) groups excluding carboxylic acids is 1. The maximum absolute atomic E-state index is 12.8. The van der Waals surface area contributed by atoms with Crippen LogP contribution in [0.3, 0.4) is 0 Å². The lowest BCUT2D eigenvalue weighted by Crippen LogP contribution is -2.47. The van der Waals surface area contributed by atoms with Gasteiger partial charge in [-0.05, 0) is 44.9 Å². The Morgan fingerprint density at radius 1 is 1.13 bits per heavy atom. The fraction of sp³-hybridized carbons (Fsp3) is 0.583. The van der Waals surface area contributed by atoms with Gasteiger partial charge in [0.1, 0.15) is 6.26 Å². The first-order valence-corrected chi connectivity index (χ1v) is 11.0. The first kappa shape index (κ1) is 22.5. The molecule has 0 saturated carbocycles. The molecule has 6 nitrogen and oxygen atoms in total. The maximum Gasteiger partial charge on any atom is 0.275 e. The summed E-state index contributed by atoms with van der Waals surface area (Å²) in [5.74, 6) is 1.07. The molecule has 1 fully saturated rings. The Bertz CT molecular complexity index is 853. The molecule has 1 saturated heterocycles. The third-order valence-electron chi connectivity index (χ3n) is 6.32. The standard InChI is InChI=1S/C24H36N4O2/c1-17(2)20(5)28(14-21-13-18(3)7-8-19(21)4)15-23-25-22(16-30-23)24(29)27-11-9-26(6)10-12-27/h7-8,13,16-17,20H,9-12,14-15H2,1-6H3/t20-/m0/s1. The molecule has 2 aromatic rings. The minimum atomic E-state index is -0.0314.